The van der Waals surface area contributed by atoms with Gasteiger partial charge in [-0.25, -0.2) is 0 Å². The number of benzene rings is 2. The van der Waals surface area contributed by atoms with Crippen molar-refractivity contribution in [1.82, 2.24) is 31.9 Å². The number of hydrogen-bond acceptors (Lipinski definition) is 8. The van der Waals surface area contributed by atoms with Crippen LogP contribution in [0.5, 0.6) is 0 Å². The van der Waals surface area contributed by atoms with E-state index in [1.54, 1.807) is 0 Å². The van der Waals surface area contributed by atoms with Gasteiger partial charge in [-0.2, -0.15) is 0 Å². The number of hydrogen-bond donors (Lipinski definition) is 6. The normalized spacial score (nSPS) is 12.6. The van der Waals surface area contributed by atoms with Crippen LogP contribution in [0.4, 0.5) is 0 Å². The minimum absolute atomic E-state index is 0.0335. The molecule has 0 saturated heterocycles. The van der Waals surface area contributed by atoms with Crippen molar-refractivity contribution in [1.29, 1.82) is 0 Å². The highest BCUT2D eigenvalue weighted by molar-refractivity contribution is 5.94. The molecule has 0 aliphatic rings. The van der Waals surface area contributed by atoms with Gasteiger partial charge in [-0.1, -0.05) is 369 Å². The van der Waals surface area contributed by atoms with Crippen LogP contribution in [-0.4, -0.2) is 86.3 Å². The Morgan fingerprint density at radius 1 is 0.174 bits per heavy atom. The zero-order valence-electron chi connectivity index (χ0n) is 101. The first-order chi connectivity index (χ1) is 61.7. The Morgan fingerprint density at radius 2 is 0.355 bits per heavy atom. The van der Waals surface area contributed by atoms with Gasteiger partial charge in [0, 0.05) is 102 Å². The molecule has 0 aromatic heterocycles. The van der Waals surface area contributed by atoms with Crippen LogP contribution < -0.4 is 31.9 Å². The highest BCUT2D eigenvalue weighted by Crippen LogP contribution is 2.32. The second kappa shape index (κ2) is 68.8. The number of Topliss-reactive ketones (excluding diaryl/α,β-unsaturated/α-hetero) is 2. The largest absolute Gasteiger partial charge is 0.356 e. The number of ketones is 2. The van der Waals surface area contributed by atoms with E-state index in [0.29, 0.717) is 102 Å². The molecule has 0 spiro atoms. The van der Waals surface area contributed by atoms with Gasteiger partial charge < -0.3 is 31.9 Å². The standard InChI is InChI=1S/2C19H31NO.2C15H31NO.2C15H30O.2C13H27NO/c2*1-18(2,3)12-7-13-20-17(21)16-10-8-15(9-11-16)14-19(4,5)6;2*1-14(2,3)10-7-9-13(17)16-12-8-11-15(4,5)6;2*1-14(2,3)11-8-7-9-13(16)10-12-15(4,5)6;2*1-12(2,3)8-7-9-14-11(15)10-13(4,5)6/h2*8-11H,7,12-14H2,1-6H3,(H,20,21);2*7-12H2,1-6H3,(H,16,17);2*7-12H2,1-6H3;2*7-10H2,1-6H3,(H,14,15). The summed E-state index contributed by atoms with van der Waals surface area (Å²) < 4.78 is 0. The smallest absolute Gasteiger partial charge is 0.251 e. The van der Waals surface area contributed by atoms with Gasteiger partial charge >= 0.3 is 0 Å². The second-order valence-electron chi connectivity index (χ2n) is 59.8. The van der Waals surface area contributed by atoms with E-state index in [1.807, 2.05) is 24.3 Å². The summed E-state index contributed by atoms with van der Waals surface area (Å²) in [5, 5.41) is 18.0. The van der Waals surface area contributed by atoms with Crippen molar-refractivity contribution >= 4 is 47.0 Å². The van der Waals surface area contributed by atoms with Crippen LogP contribution in [-0.2, 0) is 41.6 Å². The number of unbranched alkanes of at least 4 members (excludes halogenated alkanes) is 2. The topological polar surface area (TPSA) is 209 Å². The molecule has 6 N–H and O–H groups in total. The molecule has 0 radical (unpaired) electrons. The zero-order valence-corrected chi connectivity index (χ0v) is 101. The summed E-state index contributed by atoms with van der Waals surface area (Å²) >= 11 is 0. The van der Waals surface area contributed by atoms with Crippen LogP contribution >= 0.6 is 0 Å². The van der Waals surface area contributed by atoms with Crippen LogP contribution in [0.15, 0.2) is 48.5 Å². The average molecular weight is 1940 g/mol. The van der Waals surface area contributed by atoms with Crippen LogP contribution in [0.3, 0.4) is 0 Å². The minimum Gasteiger partial charge on any atom is -0.356 e. The maximum Gasteiger partial charge on any atom is 0.251 e. The van der Waals surface area contributed by atoms with Gasteiger partial charge in [0.25, 0.3) is 11.8 Å². The van der Waals surface area contributed by atoms with E-state index in [0.717, 1.165) is 217 Å². The van der Waals surface area contributed by atoms with Crippen molar-refractivity contribution in [3.05, 3.63) is 70.8 Å². The number of amides is 6. The number of rotatable bonds is 42. The fourth-order valence-corrected chi connectivity index (χ4v) is 14.1. The molecule has 2 aromatic rings. The van der Waals surface area contributed by atoms with Gasteiger partial charge in [-0.05, 0) is 276 Å². The maximum absolute atomic E-state index is 12.1. The second-order valence-corrected chi connectivity index (χ2v) is 59.8. The van der Waals surface area contributed by atoms with Gasteiger partial charge in [-0.15, -0.1) is 0 Å². The van der Waals surface area contributed by atoms with Crippen LogP contribution in [0.1, 0.15) is 570 Å². The Morgan fingerprint density at radius 3 is 0.543 bits per heavy atom. The lowest BCUT2D eigenvalue weighted by molar-refractivity contribution is -0.123. The summed E-state index contributed by atoms with van der Waals surface area (Å²) in [6.07, 6.45) is 34.2. The van der Waals surface area contributed by atoms with Crippen LogP contribution in [0.2, 0.25) is 0 Å². The maximum atomic E-state index is 12.1. The molecule has 0 fully saturated rings. The molecule has 0 bridgehead atoms. The fourth-order valence-electron chi connectivity index (χ4n) is 14.1. The SMILES string of the molecule is CC(C)(C)CCCCC(=O)CCC(C)(C)C.CC(C)(C)CCCCC(=O)CCC(C)(C)C.CC(C)(C)CCCNC(=O)CC(C)(C)C.CC(C)(C)CCCNC(=O)CC(C)(C)C.CC(C)(C)CCCNC(=O)CCCC(C)(C)C.CC(C)(C)CCCNC(=O)CCCC(C)(C)C.CC(C)(C)CCCNC(=O)c1ccc(CC(C)(C)C)cc1.CC(C)(C)CCCNC(=O)c1ccc(CC(C)(C)C)cc1. The first kappa shape index (κ1) is 143. The third-order valence-corrected chi connectivity index (χ3v) is 22.0. The van der Waals surface area contributed by atoms with Gasteiger partial charge in [0.2, 0.25) is 23.6 Å². The van der Waals surface area contributed by atoms with Crippen LogP contribution in [0, 0.1) is 86.6 Å². The van der Waals surface area contributed by atoms with Crippen molar-refractivity contribution in [2.24, 2.45) is 86.6 Å². The van der Waals surface area contributed by atoms with Gasteiger partial charge in [-0.3, -0.25) is 38.4 Å². The Hall–Kier alpha value is -5.40. The number of nitrogens with one attached hydrogen (secondary N) is 6. The third-order valence-electron chi connectivity index (χ3n) is 22.0. The summed E-state index contributed by atoms with van der Waals surface area (Å²) in [6, 6.07) is 16.0. The molecule has 0 saturated carbocycles. The lowest BCUT2D eigenvalue weighted by Crippen LogP contribution is -2.28. The molecule has 812 valence electrons. The van der Waals surface area contributed by atoms with Gasteiger partial charge in [0.1, 0.15) is 11.6 Å². The molecule has 14 heteroatoms. The molecular formula is C124H238N6O8. The van der Waals surface area contributed by atoms with Crippen molar-refractivity contribution in [2.75, 3.05) is 39.3 Å². The van der Waals surface area contributed by atoms with E-state index in [4.69, 9.17) is 0 Å². The van der Waals surface area contributed by atoms with E-state index >= 15 is 0 Å². The van der Waals surface area contributed by atoms with Crippen molar-refractivity contribution in [2.45, 2.75) is 551 Å². The summed E-state index contributed by atoms with van der Waals surface area (Å²) in [5.41, 5.74) is 9.04. The first-order valence-corrected chi connectivity index (χ1v) is 54.6. The van der Waals surface area contributed by atoms with E-state index in [2.05, 4.69) is 389 Å². The molecule has 14 nitrogen and oxygen atoms in total. The monoisotopic (exact) mass is 1940 g/mol. The highest BCUT2D eigenvalue weighted by atomic mass is 16.2. The zero-order chi connectivity index (χ0) is 109. The molecule has 0 unspecified atom stereocenters. The molecule has 0 atom stereocenters. The van der Waals surface area contributed by atoms with Crippen LogP contribution in [0.25, 0.3) is 0 Å². The van der Waals surface area contributed by atoms with E-state index in [-0.39, 0.29) is 57.1 Å². The fraction of sp³-hybridized carbons (Fsp3) is 0.839. The molecular weight excluding hydrogens is 1700 g/mol. The minimum atomic E-state index is 0.0335. The molecule has 2 rings (SSSR count). The summed E-state index contributed by atoms with van der Waals surface area (Å²) in [6.45, 7) is 111. The number of carbonyl (C=O) groups excluding carboxylic acids is 8. The molecule has 0 heterocycles. The summed E-state index contributed by atoms with van der Waals surface area (Å²) in [5.74, 6) is 1.74. The lowest BCUT2D eigenvalue weighted by Gasteiger charge is -2.19. The Kier molecular flexibility index (Phi) is 71.5. The Bertz CT molecular complexity index is 3270. The van der Waals surface area contributed by atoms with Gasteiger partial charge in [0.15, 0.2) is 0 Å². The molecule has 0 aliphatic carbocycles. The molecule has 138 heavy (non-hydrogen) atoms. The summed E-state index contributed by atoms with van der Waals surface area (Å²) in [7, 11) is 0. The lowest BCUT2D eigenvalue weighted by atomic mass is 9.87. The Labute approximate surface area is 859 Å². The van der Waals surface area contributed by atoms with E-state index < -0.39 is 0 Å². The van der Waals surface area contributed by atoms with E-state index in [9.17, 15) is 38.4 Å². The molecule has 2 aromatic carbocycles. The predicted molar refractivity (Wildman–Crippen MR) is 606 cm³/mol. The Balaban J connectivity index is -0.000000362. The van der Waals surface area contributed by atoms with Crippen molar-refractivity contribution in [3.63, 3.8) is 0 Å². The number of carbonyl (C=O) groups is 8. The predicted octanol–water partition coefficient (Wildman–Crippen LogP) is 34.7. The molecule has 6 amide bonds. The molecule has 0 aliphatic heterocycles. The van der Waals surface area contributed by atoms with Gasteiger partial charge in [0.05, 0.1) is 0 Å². The third kappa shape index (κ3) is 125. The summed E-state index contributed by atoms with van der Waals surface area (Å²) in [4.78, 5) is 93.4. The highest BCUT2D eigenvalue weighted by Gasteiger charge is 2.24. The van der Waals surface area contributed by atoms with Crippen molar-refractivity contribution in [3.8, 4) is 0 Å². The first-order valence-electron chi connectivity index (χ1n) is 54.6. The average Bonchev–Trinajstić information content (AvgIpc) is 0.870. The quantitative estimate of drug-likeness (QED) is 0.0352. The van der Waals surface area contributed by atoms with E-state index in [1.165, 1.54) is 36.8 Å². The van der Waals surface area contributed by atoms with Crippen molar-refractivity contribution < 1.29 is 38.4 Å².